The average molecular weight is 198 g/mol. The SMILES string of the molecule is CC=CC#CC#CC#CC#C[C@@H](O)CO. The van der Waals surface area contributed by atoms with Gasteiger partial charge in [-0.2, -0.15) is 0 Å². The largest absolute Gasteiger partial charge is 0.393 e. The molecule has 1 atom stereocenters. The van der Waals surface area contributed by atoms with Gasteiger partial charge in [-0.15, -0.1) is 0 Å². The number of allylic oxidation sites excluding steroid dienone is 2. The highest BCUT2D eigenvalue weighted by Gasteiger charge is 1.90. The van der Waals surface area contributed by atoms with Gasteiger partial charge in [0.15, 0.2) is 0 Å². The van der Waals surface area contributed by atoms with Crippen LogP contribution < -0.4 is 0 Å². The number of rotatable bonds is 1. The molecule has 0 saturated carbocycles. The summed E-state index contributed by atoms with van der Waals surface area (Å²) < 4.78 is 0. The van der Waals surface area contributed by atoms with E-state index in [1.807, 2.05) is 13.0 Å². The van der Waals surface area contributed by atoms with Gasteiger partial charge in [0.1, 0.15) is 6.10 Å². The minimum atomic E-state index is -1.04. The lowest BCUT2D eigenvalue weighted by atomic mass is 10.4. The van der Waals surface area contributed by atoms with Gasteiger partial charge in [-0.3, -0.25) is 0 Å². The monoisotopic (exact) mass is 198 g/mol. The van der Waals surface area contributed by atoms with E-state index in [-0.39, 0.29) is 0 Å². The van der Waals surface area contributed by atoms with E-state index < -0.39 is 12.7 Å². The molecule has 15 heavy (non-hydrogen) atoms. The molecule has 0 heterocycles. The molecular formula is C13H10O2. The van der Waals surface area contributed by atoms with Gasteiger partial charge in [0.25, 0.3) is 0 Å². The summed E-state index contributed by atoms with van der Waals surface area (Å²) >= 11 is 0. The molecule has 2 nitrogen and oxygen atoms in total. The molecule has 0 aliphatic heterocycles. The van der Waals surface area contributed by atoms with Gasteiger partial charge in [-0.1, -0.05) is 17.9 Å². The van der Waals surface area contributed by atoms with Gasteiger partial charge in [0, 0.05) is 0 Å². The first kappa shape index (κ1) is 12.9. The maximum absolute atomic E-state index is 8.80. The lowest BCUT2D eigenvalue weighted by Gasteiger charge is -1.90. The van der Waals surface area contributed by atoms with Crippen LogP contribution in [0.3, 0.4) is 0 Å². The molecular weight excluding hydrogens is 188 g/mol. The molecule has 0 rings (SSSR count). The van der Waals surface area contributed by atoms with Crippen molar-refractivity contribution in [2.75, 3.05) is 6.61 Å². The second-order valence-electron chi connectivity index (χ2n) is 2.24. The van der Waals surface area contributed by atoms with Crippen LogP contribution in [0.1, 0.15) is 6.92 Å². The van der Waals surface area contributed by atoms with E-state index in [1.165, 1.54) is 0 Å². The summed E-state index contributed by atoms with van der Waals surface area (Å²) in [6.45, 7) is 1.47. The number of aliphatic hydroxyl groups excluding tert-OH is 2. The molecule has 0 amide bonds. The molecule has 0 aromatic rings. The Balaban J connectivity index is 4.10. The van der Waals surface area contributed by atoms with Gasteiger partial charge >= 0.3 is 0 Å². The van der Waals surface area contributed by atoms with E-state index in [2.05, 4.69) is 47.4 Å². The highest BCUT2D eigenvalue weighted by atomic mass is 16.3. The lowest BCUT2D eigenvalue weighted by molar-refractivity contribution is 0.138. The Labute approximate surface area is 90.0 Å². The van der Waals surface area contributed by atoms with Crippen molar-refractivity contribution in [3.05, 3.63) is 12.2 Å². The Bertz CT molecular complexity index is 442. The standard InChI is InChI=1S/C13H10O2/c1-2-3-4-5-6-7-8-9-10-11-13(15)12-14/h2-3,13-15H,12H2,1H3/t13-/m1/s1. The van der Waals surface area contributed by atoms with Gasteiger partial charge in [0.2, 0.25) is 0 Å². The molecule has 0 aliphatic rings. The fourth-order valence-electron chi connectivity index (χ4n) is 0.451. The highest BCUT2D eigenvalue weighted by molar-refractivity contribution is 5.41. The normalized spacial score (nSPS) is 9.27. The molecule has 0 fully saturated rings. The lowest BCUT2D eigenvalue weighted by Crippen LogP contribution is -2.07. The molecule has 0 aromatic carbocycles. The maximum Gasteiger partial charge on any atom is 0.138 e. The topological polar surface area (TPSA) is 40.5 Å². The smallest absolute Gasteiger partial charge is 0.138 e. The van der Waals surface area contributed by atoms with Crippen LogP contribution in [0, 0.1) is 47.4 Å². The van der Waals surface area contributed by atoms with Crippen LogP contribution in [-0.2, 0) is 0 Å². The molecule has 2 heteroatoms. The molecule has 74 valence electrons. The minimum absolute atomic E-state index is 0.394. The summed E-state index contributed by atoms with van der Waals surface area (Å²) in [5.74, 6) is 19.7. The first-order valence-electron chi connectivity index (χ1n) is 4.22. The Morgan fingerprint density at radius 1 is 1.07 bits per heavy atom. The summed E-state index contributed by atoms with van der Waals surface area (Å²) in [4.78, 5) is 0. The van der Waals surface area contributed by atoms with Gasteiger partial charge < -0.3 is 10.2 Å². The molecule has 0 radical (unpaired) electrons. The first-order chi connectivity index (χ1) is 7.31. The van der Waals surface area contributed by atoms with Crippen LogP contribution in [0.25, 0.3) is 0 Å². The van der Waals surface area contributed by atoms with Crippen molar-refractivity contribution in [1.82, 2.24) is 0 Å². The van der Waals surface area contributed by atoms with E-state index in [1.54, 1.807) is 6.08 Å². The van der Waals surface area contributed by atoms with Gasteiger partial charge in [-0.25, -0.2) is 0 Å². The second-order valence-corrected chi connectivity index (χ2v) is 2.24. The van der Waals surface area contributed by atoms with Crippen LogP contribution in [0.4, 0.5) is 0 Å². The van der Waals surface area contributed by atoms with Crippen molar-refractivity contribution in [1.29, 1.82) is 0 Å². The third-order valence-electron chi connectivity index (χ3n) is 1.05. The molecule has 0 spiro atoms. The van der Waals surface area contributed by atoms with E-state index in [0.29, 0.717) is 0 Å². The van der Waals surface area contributed by atoms with E-state index in [4.69, 9.17) is 10.2 Å². The Morgan fingerprint density at radius 2 is 1.67 bits per heavy atom. The zero-order valence-corrected chi connectivity index (χ0v) is 8.33. The van der Waals surface area contributed by atoms with Crippen LogP contribution in [0.5, 0.6) is 0 Å². The zero-order chi connectivity index (χ0) is 11.4. The van der Waals surface area contributed by atoms with Crippen molar-refractivity contribution in [2.24, 2.45) is 0 Å². The van der Waals surface area contributed by atoms with Crippen molar-refractivity contribution >= 4 is 0 Å². The molecule has 0 aromatic heterocycles. The first-order valence-corrected chi connectivity index (χ1v) is 4.22. The number of aliphatic hydroxyl groups is 2. The fourth-order valence-corrected chi connectivity index (χ4v) is 0.451. The van der Waals surface area contributed by atoms with Crippen LogP contribution in [0.15, 0.2) is 12.2 Å². The summed E-state index contributed by atoms with van der Waals surface area (Å²) in [6.07, 6.45) is 2.45. The van der Waals surface area contributed by atoms with Crippen LogP contribution >= 0.6 is 0 Å². The number of hydrogen-bond donors (Lipinski definition) is 2. The number of hydrogen-bond acceptors (Lipinski definition) is 2. The van der Waals surface area contributed by atoms with E-state index in [0.717, 1.165) is 0 Å². The third kappa shape index (κ3) is 9.82. The van der Waals surface area contributed by atoms with Crippen molar-refractivity contribution in [3.63, 3.8) is 0 Å². The quantitative estimate of drug-likeness (QED) is 0.579. The summed E-state index contributed by atoms with van der Waals surface area (Å²) in [5.41, 5.74) is 0. The Morgan fingerprint density at radius 3 is 2.27 bits per heavy atom. The minimum Gasteiger partial charge on any atom is -0.393 e. The van der Waals surface area contributed by atoms with Gasteiger partial charge in [0.05, 0.1) is 6.61 Å². The van der Waals surface area contributed by atoms with Crippen molar-refractivity contribution in [2.45, 2.75) is 13.0 Å². The Hall–Kier alpha value is -2.10. The molecule has 0 saturated heterocycles. The Kier molecular flexibility index (Phi) is 8.59. The van der Waals surface area contributed by atoms with E-state index in [9.17, 15) is 0 Å². The molecule has 2 N–H and O–H groups in total. The van der Waals surface area contributed by atoms with Gasteiger partial charge in [-0.05, 0) is 48.5 Å². The van der Waals surface area contributed by atoms with Crippen LogP contribution in [-0.4, -0.2) is 22.9 Å². The summed E-state index contributed by atoms with van der Waals surface area (Å²) in [5, 5.41) is 17.2. The second kappa shape index (κ2) is 9.98. The maximum atomic E-state index is 8.80. The third-order valence-corrected chi connectivity index (χ3v) is 1.05. The predicted octanol–water partition coefficient (Wildman–Crippen LogP) is -0.0707. The average Bonchev–Trinajstić information content (AvgIpc) is 2.26. The zero-order valence-electron chi connectivity index (χ0n) is 8.33. The molecule has 0 bridgehead atoms. The summed E-state index contributed by atoms with van der Waals surface area (Å²) in [6, 6.07) is 0. The molecule has 0 aliphatic carbocycles. The fraction of sp³-hybridized carbons (Fsp3) is 0.231. The predicted molar refractivity (Wildman–Crippen MR) is 59.0 cm³/mol. The highest BCUT2D eigenvalue weighted by Crippen LogP contribution is 1.72. The summed E-state index contributed by atoms with van der Waals surface area (Å²) in [7, 11) is 0. The van der Waals surface area contributed by atoms with Crippen molar-refractivity contribution < 1.29 is 10.2 Å². The molecule has 0 unspecified atom stereocenters. The van der Waals surface area contributed by atoms with Crippen molar-refractivity contribution in [3.8, 4) is 47.4 Å². The van der Waals surface area contributed by atoms with Crippen LogP contribution in [0.2, 0.25) is 0 Å². The van der Waals surface area contributed by atoms with E-state index >= 15 is 0 Å².